The maximum atomic E-state index is 9.60. The van der Waals surface area contributed by atoms with E-state index in [4.69, 9.17) is 0 Å². The van der Waals surface area contributed by atoms with Crippen LogP contribution in [0.5, 0.6) is 0 Å². The highest BCUT2D eigenvalue weighted by molar-refractivity contribution is 6.29. The molecule has 0 saturated heterocycles. The summed E-state index contributed by atoms with van der Waals surface area (Å²) in [6.45, 7) is 0. The van der Waals surface area contributed by atoms with E-state index < -0.39 is 0 Å². The number of allylic oxidation sites excluding steroid dienone is 4. The zero-order valence-corrected chi connectivity index (χ0v) is 20.4. The van der Waals surface area contributed by atoms with Crippen molar-refractivity contribution in [2.24, 2.45) is 15.9 Å². The molecule has 0 saturated carbocycles. The van der Waals surface area contributed by atoms with Gasteiger partial charge in [-0.3, -0.25) is 0 Å². The van der Waals surface area contributed by atoms with Crippen LogP contribution in [0.1, 0.15) is 28.7 Å². The summed E-state index contributed by atoms with van der Waals surface area (Å²) in [5, 5.41) is 19.2. The van der Waals surface area contributed by atoms with Crippen LogP contribution in [0.2, 0.25) is 0 Å². The highest BCUT2D eigenvalue weighted by Crippen LogP contribution is 2.51. The van der Waals surface area contributed by atoms with Gasteiger partial charge in [-0.15, -0.1) is 0 Å². The van der Waals surface area contributed by atoms with Gasteiger partial charge in [0.25, 0.3) is 0 Å². The summed E-state index contributed by atoms with van der Waals surface area (Å²) >= 11 is 0. The minimum Gasteiger partial charge on any atom is -0.177 e. The van der Waals surface area contributed by atoms with Gasteiger partial charge in [0.05, 0.1) is 11.4 Å². The van der Waals surface area contributed by atoms with Crippen molar-refractivity contribution >= 4 is 22.6 Å². The molecule has 4 aromatic carbocycles. The van der Waals surface area contributed by atoms with Gasteiger partial charge in [0.1, 0.15) is 0 Å². The van der Waals surface area contributed by atoms with E-state index in [1.54, 1.807) is 0 Å². The molecule has 1 atom stereocenters. The van der Waals surface area contributed by atoms with E-state index in [2.05, 4.69) is 82.9 Å². The summed E-state index contributed by atoms with van der Waals surface area (Å²) in [7, 11) is 0. The van der Waals surface area contributed by atoms with E-state index in [9.17, 15) is 10.5 Å². The summed E-state index contributed by atoms with van der Waals surface area (Å²) in [6.07, 6.45) is 6.97. The molecule has 0 spiro atoms. The molecular formula is C34H20N4. The zero-order chi connectivity index (χ0) is 25.6. The first-order valence-electron chi connectivity index (χ1n) is 12.6. The Morgan fingerprint density at radius 1 is 0.605 bits per heavy atom. The van der Waals surface area contributed by atoms with Gasteiger partial charge in [-0.1, -0.05) is 84.9 Å². The molecule has 176 valence electrons. The topological polar surface area (TPSA) is 72.3 Å². The molecule has 0 N–H and O–H groups in total. The maximum absolute atomic E-state index is 9.60. The molecule has 0 aliphatic heterocycles. The molecule has 0 fully saturated rings. The Hall–Kier alpha value is -5.32. The monoisotopic (exact) mass is 484 g/mol. The van der Waals surface area contributed by atoms with Crippen LogP contribution in [0.15, 0.2) is 119 Å². The second-order valence-electron chi connectivity index (χ2n) is 9.66. The van der Waals surface area contributed by atoms with Crippen LogP contribution in [0, 0.1) is 28.8 Å². The Balaban J connectivity index is 1.37. The zero-order valence-electron chi connectivity index (χ0n) is 20.4. The second kappa shape index (κ2) is 8.66. The van der Waals surface area contributed by atoms with Crippen LogP contribution in [0.3, 0.4) is 0 Å². The molecule has 3 aliphatic rings. The number of benzene rings is 4. The first-order valence-corrected chi connectivity index (χ1v) is 12.6. The lowest BCUT2D eigenvalue weighted by molar-refractivity contribution is 0.924. The van der Waals surface area contributed by atoms with E-state index in [0.29, 0.717) is 12.1 Å². The molecule has 0 aromatic heterocycles. The minimum absolute atomic E-state index is 0.0162. The fourth-order valence-corrected chi connectivity index (χ4v) is 6.07. The van der Waals surface area contributed by atoms with Crippen molar-refractivity contribution in [3.63, 3.8) is 0 Å². The van der Waals surface area contributed by atoms with Crippen molar-refractivity contribution in [2.75, 3.05) is 0 Å². The number of nitriles is 2. The predicted molar refractivity (Wildman–Crippen MR) is 151 cm³/mol. The second-order valence-corrected chi connectivity index (χ2v) is 9.66. The Labute approximate surface area is 220 Å². The highest BCUT2D eigenvalue weighted by Gasteiger charge is 2.41. The molecular weight excluding hydrogens is 464 g/mol. The lowest BCUT2D eigenvalue weighted by atomic mass is 9.83. The van der Waals surface area contributed by atoms with Gasteiger partial charge in [-0.2, -0.15) is 20.5 Å². The van der Waals surface area contributed by atoms with Crippen molar-refractivity contribution in [3.8, 4) is 34.6 Å². The van der Waals surface area contributed by atoms with Crippen LogP contribution in [0.25, 0.3) is 33.4 Å². The van der Waals surface area contributed by atoms with Crippen LogP contribution in [0.4, 0.5) is 0 Å². The minimum atomic E-state index is -0.0162. The highest BCUT2D eigenvalue weighted by atomic mass is 14.8. The first-order chi connectivity index (χ1) is 18.8. The molecule has 0 bridgehead atoms. The molecule has 38 heavy (non-hydrogen) atoms. The number of fused-ring (bicyclic) bond motifs is 5. The third-order valence-corrected chi connectivity index (χ3v) is 7.75. The van der Waals surface area contributed by atoms with Crippen LogP contribution in [-0.2, 0) is 0 Å². The molecule has 0 amide bonds. The molecule has 3 aliphatic carbocycles. The SMILES string of the molecule is N#C/N=C1\c2cc(-c3ccccc3)ccc2C2=CC3=C(CC21)c1ccc(-c2ccccc2)cc1/C3=N\C#N. The van der Waals surface area contributed by atoms with Gasteiger partial charge in [0.2, 0.25) is 12.4 Å². The molecule has 7 rings (SSSR count). The van der Waals surface area contributed by atoms with Crippen molar-refractivity contribution in [1.82, 2.24) is 0 Å². The van der Waals surface area contributed by atoms with Crippen molar-refractivity contribution in [3.05, 3.63) is 131 Å². The average Bonchev–Trinajstić information content (AvgIpc) is 3.44. The number of aliphatic imine (C=N–C) groups is 2. The summed E-state index contributed by atoms with van der Waals surface area (Å²) < 4.78 is 0. The summed E-state index contributed by atoms with van der Waals surface area (Å²) in [6, 6.07) is 33.3. The molecule has 4 nitrogen and oxygen atoms in total. The van der Waals surface area contributed by atoms with E-state index in [-0.39, 0.29) is 5.92 Å². The smallest absolute Gasteiger partial charge is 0.177 e. The van der Waals surface area contributed by atoms with Gasteiger partial charge in [0, 0.05) is 22.6 Å². The van der Waals surface area contributed by atoms with E-state index in [1.807, 2.05) is 42.6 Å². The lowest BCUT2D eigenvalue weighted by Gasteiger charge is -2.20. The molecule has 0 radical (unpaired) electrons. The number of nitrogens with zero attached hydrogens (tertiary/aromatic N) is 4. The van der Waals surface area contributed by atoms with Gasteiger partial charge in [-0.25, -0.2) is 0 Å². The lowest BCUT2D eigenvalue weighted by Crippen LogP contribution is -2.14. The molecule has 0 heterocycles. The quantitative estimate of drug-likeness (QED) is 0.277. The van der Waals surface area contributed by atoms with Crippen LogP contribution in [-0.4, -0.2) is 11.4 Å². The standard InChI is InChI=1S/C34H20N4/c35-19-37-33-29-15-23(21-7-3-1-4-8-21)11-13-25(29)27-17-32-28(18-31(27)33)26-14-12-24(22-9-5-2-6-10-22)16-30(26)34(32)38-20-36/h1-17,31H,18H2/b37-33+,38-34+. The number of hydrogen-bond donors (Lipinski definition) is 0. The Morgan fingerprint density at radius 2 is 1.21 bits per heavy atom. The van der Waals surface area contributed by atoms with Gasteiger partial charge in [-0.05, 0) is 69.2 Å². The van der Waals surface area contributed by atoms with E-state index in [1.165, 1.54) is 0 Å². The summed E-state index contributed by atoms with van der Waals surface area (Å²) in [4.78, 5) is 8.64. The first kappa shape index (κ1) is 21.9. The molecule has 1 unspecified atom stereocenters. The van der Waals surface area contributed by atoms with Crippen LogP contribution < -0.4 is 0 Å². The molecule has 4 aromatic rings. The largest absolute Gasteiger partial charge is 0.206 e. The van der Waals surface area contributed by atoms with Gasteiger partial charge < -0.3 is 0 Å². The predicted octanol–water partition coefficient (Wildman–Crippen LogP) is 7.45. The Morgan fingerprint density at radius 3 is 1.84 bits per heavy atom. The van der Waals surface area contributed by atoms with Crippen LogP contribution >= 0.6 is 0 Å². The normalized spacial score (nSPS) is 18.8. The van der Waals surface area contributed by atoms with Gasteiger partial charge in [0.15, 0.2) is 0 Å². The van der Waals surface area contributed by atoms with Gasteiger partial charge >= 0.3 is 0 Å². The summed E-state index contributed by atoms with van der Waals surface area (Å²) in [5.41, 5.74) is 13.4. The number of hydrogen-bond acceptors (Lipinski definition) is 4. The maximum Gasteiger partial charge on any atom is 0.206 e. The van der Waals surface area contributed by atoms with Crippen molar-refractivity contribution < 1.29 is 0 Å². The van der Waals surface area contributed by atoms with E-state index in [0.717, 1.165) is 66.9 Å². The third-order valence-electron chi connectivity index (χ3n) is 7.75. The Bertz CT molecular complexity index is 1840. The average molecular weight is 485 g/mol. The summed E-state index contributed by atoms with van der Waals surface area (Å²) in [5.74, 6) is -0.0162. The molecule has 4 heteroatoms. The number of rotatable bonds is 2. The van der Waals surface area contributed by atoms with Crippen molar-refractivity contribution in [2.45, 2.75) is 6.42 Å². The fraction of sp³-hybridized carbons (Fsp3) is 0.0588. The fourth-order valence-electron chi connectivity index (χ4n) is 6.07. The van der Waals surface area contributed by atoms with E-state index >= 15 is 0 Å². The Kier molecular flexibility index (Phi) is 5.00. The van der Waals surface area contributed by atoms with Crippen molar-refractivity contribution in [1.29, 1.82) is 10.5 Å². The third kappa shape index (κ3) is 3.29.